The van der Waals surface area contributed by atoms with Crippen molar-refractivity contribution >= 4 is 66.9 Å². The first-order chi connectivity index (χ1) is 16.5. The summed E-state index contributed by atoms with van der Waals surface area (Å²) in [5.74, 6) is 0.160. The van der Waals surface area contributed by atoms with Gasteiger partial charge in [0.25, 0.3) is 5.91 Å². The molecule has 0 saturated carbocycles. The fourth-order valence-electron chi connectivity index (χ4n) is 4.00. The van der Waals surface area contributed by atoms with E-state index in [0.717, 1.165) is 32.4 Å². The van der Waals surface area contributed by atoms with E-state index in [1.165, 1.54) is 6.33 Å². The van der Waals surface area contributed by atoms with E-state index in [9.17, 15) is 4.79 Å². The van der Waals surface area contributed by atoms with E-state index < -0.39 is 0 Å². The van der Waals surface area contributed by atoms with E-state index in [0.29, 0.717) is 40.7 Å². The van der Waals surface area contributed by atoms with Gasteiger partial charge < -0.3 is 20.6 Å². The van der Waals surface area contributed by atoms with E-state index in [1.807, 2.05) is 40.3 Å². The van der Waals surface area contributed by atoms with Crippen LogP contribution in [0.1, 0.15) is 21.6 Å². The lowest BCUT2D eigenvalue weighted by Gasteiger charge is -2.07. The molecule has 9 nitrogen and oxygen atoms in total. The summed E-state index contributed by atoms with van der Waals surface area (Å²) >= 11 is 7.96. The number of benzene rings is 1. The molecule has 0 saturated heterocycles. The number of hydrogen-bond donors (Lipinski definition) is 3. The largest absolute Gasteiger partial charge is 0.382 e. The maximum Gasteiger partial charge on any atom is 0.253 e. The summed E-state index contributed by atoms with van der Waals surface area (Å²) in [6.45, 7) is 0.827. The quantitative estimate of drug-likeness (QED) is 0.335. The van der Waals surface area contributed by atoms with Gasteiger partial charge in [0, 0.05) is 22.3 Å². The molecule has 11 heteroatoms. The molecule has 5 heterocycles. The molecule has 34 heavy (non-hydrogen) atoms. The standard InChI is InChI=1S/C23H17ClN8OS/c24-15-3-12-5-16(8-27-23(33)13-6-18-17(26-7-13)1-2-34-18)31-19(12)14(4-15)9-32-11-30-20-21(25)28-10-29-22(20)32/h1-7,10-11,31H,8-9H2,(H,27,33)(H2,25,28,29). The van der Waals surface area contributed by atoms with Gasteiger partial charge in [-0.05, 0) is 41.3 Å². The second-order valence-electron chi connectivity index (χ2n) is 7.84. The van der Waals surface area contributed by atoms with Crippen molar-refractivity contribution in [2.24, 2.45) is 0 Å². The number of imidazole rings is 1. The van der Waals surface area contributed by atoms with Crippen LogP contribution >= 0.6 is 22.9 Å². The molecule has 0 aliphatic heterocycles. The van der Waals surface area contributed by atoms with Crippen LogP contribution in [0.5, 0.6) is 0 Å². The number of anilines is 1. The van der Waals surface area contributed by atoms with Crippen molar-refractivity contribution < 1.29 is 4.79 Å². The topological polar surface area (TPSA) is 127 Å². The van der Waals surface area contributed by atoms with Crippen LogP contribution in [0.4, 0.5) is 5.82 Å². The number of nitrogens with two attached hydrogens (primary N) is 1. The SMILES string of the molecule is Nc1ncnc2c1ncn2Cc1cc(Cl)cc2cc(CNC(=O)c3cnc4ccsc4c3)[nH]c12. The van der Waals surface area contributed by atoms with Crippen LogP contribution in [-0.2, 0) is 13.1 Å². The van der Waals surface area contributed by atoms with Crippen molar-refractivity contribution in [3.05, 3.63) is 76.4 Å². The lowest BCUT2D eigenvalue weighted by Crippen LogP contribution is -2.23. The Morgan fingerprint density at radius 3 is 3.00 bits per heavy atom. The maximum atomic E-state index is 12.7. The number of rotatable bonds is 5. The van der Waals surface area contributed by atoms with Gasteiger partial charge in [-0.15, -0.1) is 11.3 Å². The molecule has 4 N–H and O–H groups in total. The van der Waals surface area contributed by atoms with Crippen molar-refractivity contribution in [1.29, 1.82) is 0 Å². The molecular weight excluding hydrogens is 472 g/mol. The van der Waals surface area contributed by atoms with Crippen molar-refractivity contribution in [3.8, 4) is 0 Å². The molecule has 0 radical (unpaired) electrons. The zero-order chi connectivity index (χ0) is 23.2. The Kier molecular flexibility index (Phi) is 4.89. The highest BCUT2D eigenvalue weighted by Gasteiger charge is 2.13. The van der Waals surface area contributed by atoms with Crippen LogP contribution < -0.4 is 11.1 Å². The maximum absolute atomic E-state index is 12.7. The Morgan fingerprint density at radius 1 is 1.18 bits per heavy atom. The van der Waals surface area contributed by atoms with Crippen LogP contribution in [0.15, 0.2) is 54.6 Å². The van der Waals surface area contributed by atoms with Gasteiger partial charge in [-0.25, -0.2) is 15.0 Å². The number of pyridine rings is 1. The summed E-state index contributed by atoms with van der Waals surface area (Å²) in [6.07, 6.45) is 4.70. The molecule has 0 atom stereocenters. The normalized spacial score (nSPS) is 11.6. The minimum absolute atomic E-state index is 0.179. The van der Waals surface area contributed by atoms with Crippen LogP contribution in [-0.4, -0.2) is 35.4 Å². The molecule has 0 aliphatic rings. The highest BCUT2D eigenvalue weighted by atomic mass is 35.5. The van der Waals surface area contributed by atoms with E-state index in [2.05, 4.69) is 30.2 Å². The van der Waals surface area contributed by atoms with Crippen molar-refractivity contribution in [3.63, 3.8) is 0 Å². The predicted molar refractivity (Wildman–Crippen MR) is 133 cm³/mol. The zero-order valence-corrected chi connectivity index (χ0v) is 19.2. The zero-order valence-electron chi connectivity index (χ0n) is 17.6. The van der Waals surface area contributed by atoms with Crippen molar-refractivity contribution in [2.75, 3.05) is 5.73 Å². The predicted octanol–water partition coefficient (Wildman–Crippen LogP) is 4.13. The highest BCUT2D eigenvalue weighted by molar-refractivity contribution is 7.17. The molecule has 0 unspecified atom stereocenters. The van der Waals surface area contributed by atoms with Gasteiger partial charge >= 0.3 is 0 Å². The number of fused-ring (bicyclic) bond motifs is 3. The Bertz CT molecular complexity index is 1700. The molecule has 5 aromatic heterocycles. The lowest BCUT2D eigenvalue weighted by atomic mass is 10.1. The van der Waals surface area contributed by atoms with Crippen molar-refractivity contribution in [2.45, 2.75) is 13.1 Å². The molecular formula is C23H17ClN8OS. The summed E-state index contributed by atoms with van der Waals surface area (Å²) in [5, 5.41) is 6.49. The van der Waals surface area contributed by atoms with Crippen molar-refractivity contribution in [1.82, 2.24) is 34.8 Å². The number of amides is 1. The Balaban J connectivity index is 1.26. The first-order valence-electron chi connectivity index (χ1n) is 10.4. The van der Waals surface area contributed by atoms with Crippen LogP contribution in [0.25, 0.3) is 32.3 Å². The van der Waals surface area contributed by atoms with Gasteiger partial charge in [-0.2, -0.15) is 0 Å². The summed E-state index contributed by atoms with van der Waals surface area (Å²) in [4.78, 5) is 33.1. The highest BCUT2D eigenvalue weighted by Crippen LogP contribution is 2.27. The number of hydrogen-bond acceptors (Lipinski definition) is 7. The Morgan fingerprint density at radius 2 is 2.09 bits per heavy atom. The summed E-state index contributed by atoms with van der Waals surface area (Å²) in [6, 6.07) is 9.57. The average Bonchev–Trinajstić information content (AvgIpc) is 3.56. The number of carbonyl (C=O) groups excluding carboxylic acids is 1. The fourth-order valence-corrected chi connectivity index (χ4v) is 5.03. The molecule has 0 bridgehead atoms. The van der Waals surface area contributed by atoms with E-state index >= 15 is 0 Å². The summed E-state index contributed by atoms with van der Waals surface area (Å²) < 4.78 is 2.88. The van der Waals surface area contributed by atoms with Gasteiger partial charge in [0.05, 0.1) is 40.7 Å². The number of nitrogen functional groups attached to an aromatic ring is 1. The molecule has 168 valence electrons. The van der Waals surface area contributed by atoms with E-state index in [-0.39, 0.29) is 5.91 Å². The number of halogens is 1. The number of thiophene rings is 1. The third-order valence-corrected chi connectivity index (χ3v) is 6.68. The number of aromatic amines is 1. The molecule has 0 aliphatic carbocycles. The van der Waals surface area contributed by atoms with E-state index in [1.54, 1.807) is 23.9 Å². The molecule has 6 rings (SSSR count). The Labute approximate surface area is 201 Å². The monoisotopic (exact) mass is 488 g/mol. The number of aromatic nitrogens is 6. The third-order valence-electron chi connectivity index (χ3n) is 5.61. The summed E-state index contributed by atoms with van der Waals surface area (Å²) in [5.41, 5.74) is 11.3. The van der Waals surface area contributed by atoms with Gasteiger partial charge in [0.1, 0.15) is 11.8 Å². The van der Waals surface area contributed by atoms with Gasteiger partial charge in [0.15, 0.2) is 11.5 Å². The third kappa shape index (κ3) is 3.62. The molecule has 0 spiro atoms. The number of nitrogens with zero attached hydrogens (tertiary/aromatic N) is 5. The van der Waals surface area contributed by atoms with Crippen LogP contribution in [0.2, 0.25) is 5.02 Å². The molecule has 6 aromatic rings. The summed E-state index contributed by atoms with van der Waals surface area (Å²) in [7, 11) is 0. The average molecular weight is 489 g/mol. The second kappa shape index (κ2) is 8.08. The van der Waals surface area contributed by atoms with Crippen LogP contribution in [0, 0.1) is 0 Å². The molecule has 0 fully saturated rings. The molecule has 1 aromatic carbocycles. The second-order valence-corrected chi connectivity index (χ2v) is 9.22. The van der Waals surface area contributed by atoms with Gasteiger partial charge in [-0.1, -0.05) is 11.6 Å². The first-order valence-corrected chi connectivity index (χ1v) is 11.6. The van der Waals surface area contributed by atoms with Gasteiger partial charge in [-0.3, -0.25) is 9.78 Å². The lowest BCUT2D eigenvalue weighted by molar-refractivity contribution is 0.0950. The smallest absolute Gasteiger partial charge is 0.253 e. The number of H-pyrrole nitrogens is 1. The fraction of sp³-hybridized carbons (Fsp3) is 0.0870. The minimum atomic E-state index is -0.179. The Hall–Kier alpha value is -4.02. The number of carbonyl (C=O) groups is 1. The first kappa shape index (κ1) is 20.6. The van der Waals surface area contributed by atoms with Crippen LogP contribution in [0.3, 0.4) is 0 Å². The van der Waals surface area contributed by atoms with E-state index in [4.69, 9.17) is 17.3 Å². The van der Waals surface area contributed by atoms with Gasteiger partial charge in [0.2, 0.25) is 0 Å². The minimum Gasteiger partial charge on any atom is -0.382 e. The molecule has 1 amide bonds. The number of nitrogens with one attached hydrogen (secondary N) is 2.